The molecular formula is C25H28ClF3N4O5. The fourth-order valence-electron chi connectivity index (χ4n) is 3.76. The topological polar surface area (TPSA) is 109 Å². The third-order valence-corrected chi connectivity index (χ3v) is 5.54. The number of amides is 4. The normalized spacial score (nSPS) is 15.7. The van der Waals surface area contributed by atoms with E-state index >= 15 is 0 Å². The molecule has 0 saturated carbocycles. The Morgan fingerprint density at radius 1 is 1.03 bits per heavy atom. The summed E-state index contributed by atoms with van der Waals surface area (Å²) in [6.07, 6.45) is -5.80. The number of hydrogen-bond donors (Lipinski definition) is 3. The fraction of sp³-hybridized carbons (Fsp3) is 0.400. The lowest BCUT2D eigenvalue weighted by molar-refractivity contribution is -0.274. The highest BCUT2D eigenvalue weighted by atomic mass is 35.5. The summed E-state index contributed by atoms with van der Waals surface area (Å²) in [5, 5.41) is 8.51. The number of carbonyl (C=O) groups excluding carboxylic acids is 3. The molecule has 0 radical (unpaired) electrons. The molecule has 13 heteroatoms. The van der Waals surface area contributed by atoms with Gasteiger partial charge in [0.05, 0.1) is 12.1 Å². The number of nitrogens with one attached hydrogen (secondary N) is 3. The molecule has 4 amide bonds. The molecule has 9 nitrogen and oxygen atoms in total. The summed E-state index contributed by atoms with van der Waals surface area (Å²) in [6, 6.07) is 8.64. The lowest BCUT2D eigenvalue weighted by Crippen LogP contribution is -2.54. The van der Waals surface area contributed by atoms with Crippen molar-refractivity contribution < 1.29 is 37.0 Å². The van der Waals surface area contributed by atoms with Crippen molar-refractivity contribution in [3.63, 3.8) is 0 Å². The Kier molecular flexibility index (Phi) is 8.97. The van der Waals surface area contributed by atoms with Gasteiger partial charge in [-0.3, -0.25) is 4.79 Å². The van der Waals surface area contributed by atoms with Crippen molar-refractivity contribution in [2.45, 2.75) is 44.8 Å². The molecule has 1 fully saturated rings. The molecule has 38 heavy (non-hydrogen) atoms. The number of nitrogens with zero attached hydrogens (tertiary/aromatic N) is 1. The molecule has 2 aromatic carbocycles. The van der Waals surface area contributed by atoms with E-state index in [1.165, 1.54) is 17.0 Å². The van der Waals surface area contributed by atoms with Crippen LogP contribution in [0.5, 0.6) is 5.75 Å². The first-order valence-electron chi connectivity index (χ1n) is 11.6. The molecule has 2 unspecified atom stereocenters. The predicted molar refractivity (Wildman–Crippen MR) is 133 cm³/mol. The summed E-state index contributed by atoms with van der Waals surface area (Å²) >= 11 is 6.04. The van der Waals surface area contributed by atoms with Gasteiger partial charge in [-0.1, -0.05) is 35.9 Å². The SMILES string of the molecule is CC(C)(C)OC(=O)NC(c1cccc(OC(F)(F)F)c1)C(NC(=O)N1CCNC(=O)C1)c1ccc(Cl)cc1. The molecule has 0 spiro atoms. The number of alkyl halides is 3. The van der Waals surface area contributed by atoms with Gasteiger partial charge in [0.15, 0.2) is 0 Å². The zero-order chi connectivity index (χ0) is 28.1. The van der Waals surface area contributed by atoms with E-state index in [2.05, 4.69) is 20.7 Å². The van der Waals surface area contributed by atoms with Crippen LogP contribution in [0, 0.1) is 0 Å². The minimum atomic E-state index is -4.94. The Balaban J connectivity index is 2.04. The van der Waals surface area contributed by atoms with Crippen molar-refractivity contribution in [2.75, 3.05) is 19.6 Å². The fourth-order valence-corrected chi connectivity index (χ4v) is 3.89. The van der Waals surface area contributed by atoms with Gasteiger partial charge in [-0.25, -0.2) is 9.59 Å². The van der Waals surface area contributed by atoms with E-state index in [9.17, 15) is 27.6 Å². The van der Waals surface area contributed by atoms with Crippen LogP contribution in [0.2, 0.25) is 5.02 Å². The number of rotatable bonds is 6. The van der Waals surface area contributed by atoms with Gasteiger partial charge in [0.25, 0.3) is 0 Å². The zero-order valence-electron chi connectivity index (χ0n) is 20.9. The molecule has 0 bridgehead atoms. The monoisotopic (exact) mass is 556 g/mol. The maximum absolute atomic E-state index is 13.2. The first-order chi connectivity index (χ1) is 17.7. The Labute approximate surface area is 222 Å². The lowest BCUT2D eigenvalue weighted by Gasteiger charge is -2.34. The van der Waals surface area contributed by atoms with Crippen LogP contribution in [0.3, 0.4) is 0 Å². The van der Waals surface area contributed by atoms with Crippen LogP contribution in [0.4, 0.5) is 22.8 Å². The minimum Gasteiger partial charge on any atom is -0.444 e. The average Bonchev–Trinajstić information content (AvgIpc) is 2.80. The number of ether oxygens (including phenoxy) is 2. The molecule has 1 heterocycles. The van der Waals surface area contributed by atoms with Gasteiger partial charge < -0.3 is 30.3 Å². The van der Waals surface area contributed by atoms with Crippen molar-refractivity contribution in [1.29, 1.82) is 0 Å². The molecule has 1 saturated heterocycles. The van der Waals surface area contributed by atoms with Gasteiger partial charge in [0.2, 0.25) is 5.91 Å². The number of halogens is 4. The van der Waals surface area contributed by atoms with Crippen molar-refractivity contribution in [2.24, 2.45) is 0 Å². The molecule has 2 atom stereocenters. The molecule has 1 aliphatic rings. The van der Waals surface area contributed by atoms with Gasteiger partial charge in [-0.15, -0.1) is 13.2 Å². The smallest absolute Gasteiger partial charge is 0.444 e. The number of carbonyl (C=O) groups is 3. The number of hydrogen-bond acceptors (Lipinski definition) is 5. The Hall–Kier alpha value is -3.67. The first-order valence-corrected chi connectivity index (χ1v) is 12.0. The Morgan fingerprint density at radius 2 is 1.68 bits per heavy atom. The molecule has 3 N–H and O–H groups in total. The number of benzene rings is 2. The van der Waals surface area contributed by atoms with Crippen molar-refractivity contribution in [1.82, 2.24) is 20.9 Å². The number of piperazine rings is 1. The highest BCUT2D eigenvalue weighted by Crippen LogP contribution is 2.33. The summed E-state index contributed by atoms with van der Waals surface area (Å²) in [5.74, 6) is -0.852. The van der Waals surface area contributed by atoms with E-state index in [-0.39, 0.29) is 31.1 Å². The van der Waals surface area contributed by atoms with Crippen LogP contribution in [0.15, 0.2) is 48.5 Å². The second kappa shape index (κ2) is 11.8. The van der Waals surface area contributed by atoms with Crippen LogP contribution in [-0.2, 0) is 9.53 Å². The van der Waals surface area contributed by atoms with Crippen LogP contribution in [-0.4, -0.2) is 54.5 Å². The molecule has 0 aliphatic carbocycles. The highest BCUT2D eigenvalue weighted by Gasteiger charge is 2.34. The lowest BCUT2D eigenvalue weighted by atomic mass is 9.93. The summed E-state index contributed by atoms with van der Waals surface area (Å²) in [4.78, 5) is 39.1. The van der Waals surface area contributed by atoms with Crippen LogP contribution in [0.1, 0.15) is 44.0 Å². The summed E-state index contributed by atoms with van der Waals surface area (Å²) < 4.78 is 48.2. The van der Waals surface area contributed by atoms with Crippen LogP contribution >= 0.6 is 11.6 Å². The first kappa shape index (κ1) is 28.9. The standard InChI is InChI=1S/C25H28ClF3N4O5/c1-24(2,3)38-23(36)32-21(16-5-4-6-18(13-16)37-25(27,28)29)20(15-7-9-17(26)10-8-15)31-22(35)33-12-11-30-19(34)14-33/h4-10,13,20-21H,11-12,14H2,1-3H3,(H,30,34)(H,31,35)(H,32,36). The molecule has 206 valence electrons. The third kappa shape index (κ3) is 8.72. The second-order valence-corrected chi connectivity index (χ2v) is 9.93. The number of urea groups is 1. The van der Waals surface area contributed by atoms with E-state index in [1.54, 1.807) is 45.0 Å². The second-order valence-electron chi connectivity index (χ2n) is 9.49. The molecule has 0 aromatic heterocycles. The van der Waals surface area contributed by atoms with Gasteiger partial charge in [0, 0.05) is 18.1 Å². The van der Waals surface area contributed by atoms with Crippen molar-refractivity contribution in [3.05, 3.63) is 64.7 Å². The van der Waals surface area contributed by atoms with E-state index in [0.29, 0.717) is 10.6 Å². The molecule has 2 aromatic rings. The maximum Gasteiger partial charge on any atom is 0.573 e. The minimum absolute atomic E-state index is 0.182. The third-order valence-electron chi connectivity index (χ3n) is 5.29. The predicted octanol–water partition coefficient (Wildman–Crippen LogP) is 4.69. The quantitative estimate of drug-likeness (QED) is 0.478. The Bertz CT molecular complexity index is 1150. The van der Waals surface area contributed by atoms with Crippen molar-refractivity contribution in [3.8, 4) is 5.75 Å². The van der Waals surface area contributed by atoms with Crippen LogP contribution < -0.4 is 20.7 Å². The maximum atomic E-state index is 13.2. The van der Waals surface area contributed by atoms with E-state index < -0.39 is 41.9 Å². The summed E-state index contributed by atoms with van der Waals surface area (Å²) in [7, 11) is 0. The van der Waals surface area contributed by atoms with Crippen LogP contribution in [0.25, 0.3) is 0 Å². The molecule has 3 rings (SSSR count). The zero-order valence-corrected chi connectivity index (χ0v) is 21.7. The summed E-state index contributed by atoms with van der Waals surface area (Å²) in [5.41, 5.74) is -0.211. The molecule has 1 aliphatic heterocycles. The highest BCUT2D eigenvalue weighted by molar-refractivity contribution is 6.30. The van der Waals surface area contributed by atoms with Gasteiger partial charge in [-0.05, 0) is 56.2 Å². The van der Waals surface area contributed by atoms with E-state index in [0.717, 1.165) is 12.1 Å². The average molecular weight is 557 g/mol. The van der Waals surface area contributed by atoms with Crippen molar-refractivity contribution >= 4 is 29.6 Å². The van der Waals surface area contributed by atoms with E-state index in [4.69, 9.17) is 16.3 Å². The Morgan fingerprint density at radius 3 is 2.29 bits per heavy atom. The number of alkyl carbamates (subject to hydrolysis) is 1. The van der Waals surface area contributed by atoms with Gasteiger partial charge in [0.1, 0.15) is 17.9 Å². The van der Waals surface area contributed by atoms with Gasteiger partial charge >= 0.3 is 18.5 Å². The van der Waals surface area contributed by atoms with E-state index in [1.807, 2.05) is 0 Å². The largest absolute Gasteiger partial charge is 0.573 e. The van der Waals surface area contributed by atoms with Gasteiger partial charge in [-0.2, -0.15) is 0 Å². The molecular weight excluding hydrogens is 529 g/mol. The summed E-state index contributed by atoms with van der Waals surface area (Å²) in [6.45, 7) is 5.27.